The monoisotopic (exact) mass is 604 g/mol. The van der Waals surface area contributed by atoms with E-state index in [0.717, 1.165) is 6.54 Å². The highest BCUT2D eigenvalue weighted by molar-refractivity contribution is 7.89. The second kappa shape index (κ2) is 14.8. The van der Waals surface area contributed by atoms with Gasteiger partial charge in [-0.3, -0.25) is 9.59 Å². The maximum absolute atomic E-state index is 13.4. The summed E-state index contributed by atoms with van der Waals surface area (Å²) >= 11 is 0. The van der Waals surface area contributed by atoms with Gasteiger partial charge in [0, 0.05) is 37.2 Å². The van der Waals surface area contributed by atoms with E-state index in [0.29, 0.717) is 35.6 Å². The third-order valence-electron chi connectivity index (χ3n) is 7.41. The Hall–Kier alpha value is -3.19. The van der Waals surface area contributed by atoms with Gasteiger partial charge in [-0.25, -0.2) is 8.42 Å². The molecule has 2 amide bonds. The smallest absolute Gasteiger partial charge is 0.242 e. The molecule has 0 bridgehead atoms. The summed E-state index contributed by atoms with van der Waals surface area (Å²) in [6.07, 6.45) is 0.462. The van der Waals surface area contributed by atoms with Gasteiger partial charge in [0.1, 0.15) is 17.6 Å². The van der Waals surface area contributed by atoms with Crippen molar-refractivity contribution < 1.29 is 32.6 Å². The van der Waals surface area contributed by atoms with Crippen molar-refractivity contribution in [3.8, 4) is 11.5 Å². The van der Waals surface area contributed by atoms with Crippen LogP contribution in [0.5, 0.6) is 11.5 Å². The lowest BCUT2D eigenvalue weighted by molar-refractivity contribution is -0.134. The van der Waals surface area contributed by atoms with E-state index in [1.165, 1.54) is 30.6 Å². The molecule has 0 saturated carbocycles. The molecular weight excluding hydrogens is 560 g/mol. The molecule has 12 heteroatoms. The number of carbonyl (C=O) groups is 2. The molecule has 0 aromatic heterocycles. The van der Waals surface area contributed by atoms with Crippen molar-refractivity contribution in [3.05, 3.63) is 48.0 Å². The van der Waals surface area contributed by atoms with Gasteiger partial charge in [0.25, 0.3) is 0 Å². The minimum Gasteiger partial charge on any atom is -0.497 e. The van der Waals surface area contributed by atoms with Crippen LogP contribution in [0.1, 0.15) is 32.3 Å². The quantitative estimate of drug-likeness (QED) is 0.378. The van der Waals surface area contributed by atoms with Crippen molar-refractivity contribution in [2.75, 3.05) is 59.8 Å². The molecule has 1 aliphatic rings. The number of anilines is 1. The first-order valence-electron chi connectivity index (χ1n) is 14.1. The van der Waals surface area contributed by atoms with Gasteiger partial charge in [-0.1, -0.05) is 6.92 Å². The number of aliphatic hydroxyl groups is 1. The second-order valence-electron chi connectivity index (χ2n) is 11.1. The summed E-state index contributed by atoms with van der Waals surface area (Å²) in [5.74, 6) is 0.397. The van der Waals surface area contributed by atoms with Gasteiger partial charge in [-0.05, 0) is 76.4 Å². The number of hydrogen-bond acceptors (Lipinski definition) is 8. The summed E-state index contributed by atoms with van der Waals surface area (Å²) in [5, 5.41) is 12.8. The van der Waals surface area contributed by atoms with Crippen LogP contribution in [0.4, 0.5) is 5.69 Å². The lowest BCUT2D eigenvalue weighted by Crippen LogP contribution is -2.48. The molecule has 2 aromatic rings. The number of methoxy groups -OCH3 is 1. The van der Waals surface area contributed by atoms with Crippen LogP contribution in [0.15, 0.2) is 47.4 Å². The van der Waals surface area contributed by atoms with Crippen LogP contribution in [0.3, 0.4) is 0 Å². The standard InChI is InChI=1S/C30H44N4O7S/c1-21-18-34(22(2)20-35)30(37)17-23-16-24(31-29(36)8-7-15-32(3)4)9-14-27(23)41-28(21)19-33(5)42(38,39)26-12-10-25(40-6)11-13-26/h9-14,16,21-22,28,35H,7-8,15,17-20H2,1-6H3,(H,31,36)/t21-,22-,28-/m0/s1. The molecule has 0 aliphatic carbocycles. The fourth-order valence-electron chi connectivity index (χ4n) is 4.78. The molecule has 42 heavy (non-hydrogen) atoms. The Labute approximate surface area is 249 Å². The van der Waals surface area contributed by atoms with Gasteiger partial charge >= 0.3 is 0 Å². The number of fused-ring (bicyclic) bond motifs is 1. The summed E-state index contributed by atoms with van der Waals surface area (Å²) in [6.45, 7) is 4.53. The maximum Gasteiger partial charge on any atom is 0.242 e. The van der Waals surface area contributed by atoms with E-state index in [-0.39, 0.29) is 48.7 Å². The number of benzene rings is 2. The Morgan fingerprint density at radius 2 is 1.88 bits per heavy atom. The Morgan fingerprint density at radius 1 is 1.19 bits per heavy atom. The van der Waals surface area contributed by atoms with Crippen LogP contribution in [-0.4, -0.2) is 106 Å². The molecule has 3 atom stereocenters. The van der Waals surface area contributed by atoms with Gasteiger partial charge in [0.05, 0.1) is 37.6 Å². The SMILES string of the molecule is COc1ccc(S(=O)(=O)N(C)C[C@@H]2Oc3ccc(NC(=O)CCCN(C)C)cc3CC(=O)N([C@@H](C)CO)C[C@@H]2C)cc1. The van der Waals surface area contributed by atoms with E-state index < -0.39 is 22.2 Å². The zero-order valence-electron chi connectivity index (χ0n) is 25.4. The average molecular weight is 605 g/mol. The lowest BCUT2D eigenvalue weighted by atomic mass is 10.0. The molecule has 1 heterocycles. The molecular formula is C30H44N4O7S. The molecule has 11 nitrogen and oxygen atoms in total. The highest BCUT2D eigenvalue weighted by atomic mass is 32.2. The fraction of sp³-hybridized carbons (Fsp3) is 0.533. The largest absolute Gasteiger partial charge is 0.497 e. The first-order valence-corrected chi connectivity index (χ1v) is 15.5. The molecule has 0 radical (unpaired) electrons. The number of rotatable bonds is 12. The molecule has 2 N–H and O–H groups in total. The van der Waals surface area contributed by atoms with E-state index in [1.54, 1.807) is 42.2 Å². The normalized spacial score (nSPS) is 18.5. The number of carbonyl (C=O) groups excluding carboxylic acids is 2. The predicted octanol–water partition coefficient (Wildman–Crippen LogP) is 2.45. The molecule has 1 aliphatic heterocycles. The van der Waals surface area contributed by atoms with Gasteiger partial charge < -0.3 is 29.7 Å². The minimum absolute atomic E-state index is 0.00341. The summed E-state index contributed by atoms with van der Waals surface area (Å²) in [6, 6.07) is 10.9. The molecule has 0 saturated heterocycles. The first kappa shape index (κ1) is 33.3. The van der Waals surface area contributed by atoms with Crippen molar-refractivity contribution in [1.82, 2.24) is 14.1 Å². The summed E-state index contributed by atoms with van der Waals surface area (Å²) < 4.78 is 39.6. The zero-order valence-corrected chi connectivity index (χ0v) is 26.2. The third-order valence-corrected chi connectivity index (χ3v) is 9.25. The van der Waals surface area contributed by atoms with Crippen LogP contribution in [0.25, 0.3) is 0 Å². The van der Waals surface area contributed by atoms with Gasteiger partial charge in [0.2, 0.25) is 21.8 Å². The van der Waals surface area contributed by atoms with E-state index in [9.17, 15) is 23.1 Å². The zero-order chi connectivity index (χ0) is 31.0. The summed E-state index contributed by atoms with van der Waals surface area (Å²) in [5.41, 5.74) is 1.12. The summed E-state index contributed by atoms with van der Waals surface area (Å²) in [7, 11) is 3.07. The Morgan fingerprint density at radius 3 is 2.50 bits per heavy atom. The van der Waals surface area contributed by atoms with E-state index >= 15 is 0 Å². The number of aliphatic hydroxyl groups excluding tert-OH is 1. The minimum atomic E-state index is -3.85. The number of ether oxygens (including phenoxy) is 2. The van der Waals surface area contributed by atoms with Crippen molar-refractivity contribution in [2.45, 2.75) is 50.2 Å². The Kier molecular flexibility index (Phi) is 11.7. The van der Waals surface area contributed by atoms with Gasteiger partial charge in [-0.15, -0.1) is 0 Å². The number of amides is 2. The van der Waals surface area contributed by atoms with Crippen LogP contribution < -0.4 is 14.8 Å². The molecule has 232 valence electrons. The lowest BCUT2D eigenvalue weighted by Gasteiger charge is -2.33. The van der Waals surface area contributed by atoms with Crippen molar-refractivity contribution in [2.24, 2.45) is 5.92 Å². The topological polar surface area (TPSA) is 129 Å². The molecule has 0 unspecified atom stereocenters. The molecule has 0 fully saturated rings. The van der Waals surface area contributed by atoms with Crippen molar-refractivity contribution in [1.29, 1.82) is 0 Å². The number of hydrogen-bond donors (Lipinski definition) is 2. The van der Waals surface area contributed by atoms with Crippen LogP contribution in [0, 0.1) is 5.92 Å². The maximum atomic E-state index is 13.4. The number of likely N-dealkylation sites (N-methyl/N-ethyl adjacent to an activating group) is 1. The van der Waals surface area contributed by atoms with Crippen LogP contribution >= 0.6 is 0 Å². The van der Waals surface area contributed by atoms with Crippen LogP contribution in [-0.2, 0) is 26.0 Å². The highest BCUT2D eigenvalue weighted by Gasteiger charge is 2.33. The van der Waals surface area contributed by atoms with E-state index in [4.69, 9.17) is 9.47 Å². The number of sulfonamides is 1. The van der Waals surface area contributed by atoms with Gasteiger partial charge in [-0.2, -0.15) is 4.31 Å². The molecule has 2 aromatic carbocycles. The predicted molar refractivity (Wildman–Crippen MR) is 161 cm³/mol. The Balaban J connectivity index is 1.89. The van der Waals surface area contributed by atoms with E-state index in [1.807, 2.05) is 25.9 Å². The highest BCUT2D eigenvalue weighted by Crippen LogP contribution is 2.30. The van der Waals surface area contributed by atoms with Gasteiger partial charge in [0.15, 0.2) is 0 Å². The first-order chi connectivity index (χ1) is 19.8. The number of nitrogens with zero attached hydrogens (tertiary/aromatic N) is 3. The average Bonchev–Trinajstić information content (AvgIpc) is 2.99. The van der Waals surface area contributed by atoms with E-state index in [2.05, 4.69) is 5.32 Å². The Bertz CT molecular complexity index is 1320. The van der Waals surface area contributed by atoms with Crippen molar-refractivity contribution >= 4 is 27.5 Å². The fourth-order valence-corrected chi connectivity index (χ4v) is 5.97. The third kappa shape index (κ3) is 8.66. The number of nitrogens with one attached hydrogen (secondary N) is 1. The van der Waals surface area contributed by atoms with Crippen LogP contribution in [0.2, 0.25) is 0 Å². The second-order valence-corrected chi connectivity index (χ2v) is 13.2. The molecule has 3 rings (SSSR count). The molecule has 0 spiro atoms. The van der Waals surface area contributed by atoms with Crippen molar-refractivity contribution in [3.63, 3.8) is 0 Å². The summed E-state index contributed by atoms with van der Waals surface area (Å²) in [4.78, 5) is 29.7.